The largest absolute Gasteiger partial charge is 0.497 e. The van der Waals surface area contributed by atoms with E-state index in [1.807, 2.05) is 54.6 Å². The Balaban J connectivity index is 1.59. The molecule has 0 bridgehead atoms. The molecule has 6 heteroatoms. The first-order valence-corrected chi connectivity index (χ1v) is 8.90. The molecule has 140 valence electrons. The fraction of sp³-hybridized carbons (Fsp3) is 0.286. The summed E-state index contributed by atoms with van der Waals surface area (Å²) >= 11 is 0. The van der Waals surface area contributed by atoms with Crippen molar-refractivity contribution in [3.63, 3.8) is 0 Å². The van der Waals surface area contributed by atoms with Crippen LogP contribution in [0.3, 0.4) is 0 Å². The standard InChI is InChI=1S/C21H23N3O3/c1-15-23-24-21(27-15)19(17-6-4-3-5-7-17)14-20(25)22-13-12-16-8-10-18(26-2)11-9-16/h3-11,19H,12-14H2,1-2H3,(H,22,25). The van der Waals surface area contributed by atoms with Crippen LogP contribution in [-0.4, -0.2) is 29.8 Å². The Labute approximate surface area is 158 Å². The van der Waals surface area contributed by atoms with Crippen LogP contribution in [-0.2, 0) is 11.2 Å². The number of aryl methyl sites for hydroxylation is 1. The minimum absolute atomic E-state index is 0.0479. The Bertz CT molecular complexity index is 860. The average Bonchev–Trinajstić information content (AvgIpc) is 3.13. The molecule has 1 aromatic heterocycles. The van der Waals surface area contributed by atoms with E-state index in [1.165, 1.54) is 0 Å². The fourth-order valence-corrected chi connectivity index (χ4v) is 2.88. The Morgan fingerprint density at radius 2 is 1.85 bits per heavy atom. The maximum absolute atomic E-state index is 12.5. The Kier molecular flexibility index (Phi) is 6.20. The highest BCUT2D eigenvalue weighted by molar-refractivity contribution is 5.77. The first-order chi connectivity index (χ1) is 13.2. The van der Waals surface area contributed by atoms with E-state index in [1.54, 1.807) is 14.0 Å². The van der Waals surface area contributed by atoms with Gasteiger partial charge in [-0.1, -0.05) is 42.5 Å². The van der Waals surface area contributed by atoms with E-state index < -0.39 is 0 Å². The van der Waals surface area contributed by atoms with E-state index in [0.717, 1.165) is 23.3 Å². The quantitative estimate of drug-likeness (QED) is 0.663. The Morgan fingerprint density at radius 1 is 1.11 bits per heavy atom. The molecule has 0 fully saturated rings. The maximum Gasteiger partial charge on any atom is 0.224 e. The van der Waals surface area contributed by atoms with Crippen LogP contribution in [0, 0.1) is 6.92 Å². The molecular formula is C21H23N3O3. The molecule has 0 aliphatic heterocycles. The second kappa shape index (κ2) is 8.98. The number of rotatable bonds is 8. The number of methoxy groups -OCH3 is 1. The first kappa shape index (κ1) is 18.6. The number of carbonyl (C=O) groups is 1. The molecule has 0 aliphatic carbocycles. The molecule has 3 aromatic rings. The second-order valence-electron chi connectivity index (χ2n) is 6.27. The van der Waals surface area contributed by atoms with Gasteiger partial charge in [-0.15, -0.1) is 10.2 Å². The minimum Gasteiger partial charge on any atom is -0.497 e. The van der Waals surface area contributed by atoms with Crippen molar-refractivity contribution in [1.29, 1.82) is 0 Å². The molecule has 1 heterocycles. The zero-order chi connectivity index (χ0) is 19.1. The summed E-state index contributed by atoms with van der Waals surface area (Å²) in [5.74, 6) is 1.47. The van der Waals surface area contributed by atoms with Gasteiger partial charge >= 0.3 is 0 Å². The van der Waals surface area contributed by atoms with Gasteiger partial charge in [-0.05, 0) is 29.7 Å². The molecule has 1 unspecified atom stereocenters. The lowest BCUT2D eigenvalue weighted by atomic mass is 9.95. The van der Waals surface area contributed by atoms with Crippen molar-refractivity contribution in [1.82, 2.24) is 15.5 Å². The molecule has 1 amide bonds. The van der Waals surface area contributed by atoms with Crippen LogP contribution in [0.1, 0.15) is 35.2 Å². The van der Waals surface area contributed by atoms with Gasteiger partial charge in [0.2, 0.25) is 17.7 Å². The number of aromatic nitrogens is 2. The van der Waals surface area contributed by atoms with Gasteiger partial charge in [-0.2, -0.15) is 0 Å². The van der Waals surface area contributed by atoms with Crippen LogP contribution in [0.25, 0.3) is 0 Å². The van der Waals surface area contributed by atoms with Gasteiger partial charge in [0.15, 0.2) is 0 Å². The number of amides is 1. The summed E-state index contributed by atoms with van der Waals surface area (Å²) in [5.41, 5.74) is 2.12. The number of nitrogens with zero attached hydrogens (tertiary/aromatic N) is 2. The SMILES string of the molecule is COc1ccc(CCNC(=O)CC(c2ccccc2)c2nnc(C)o2)cc1. The lowest BCUT2D eigenvalue weighted by molar-refractivity contribution is -0.121. The molecule has 0 saturated carbocycles. The highest BCUT2D eigenvalue weighted by Gasteiger charge is 2.23. The highest BCUT2D eigenvalue weighted by Crippen LogP contribution is 2.26. The van der Waals surface area contributed by atoms with Gasteiger partial charge < -0.3 is 14.5 Å². The van der Waals surface area contributed by atoms with Crippen molar-refractivity contribution < 1.29 is 13.9 Å². The van der Waals surface area contributed by atoms with Gasteiger partial charge in [0.1, 0.15) is 5.75 Å². The molecule has 0 saturated heterocycles. The molecule has 2 aromatic carbocycles. The maximum atomic E-state index is 12.5. The van der Waals surface area contributed by atoms with Crippen molar-refractivity contribution >= 4 is 5.91 Å². The van der Waals surface area contributed by atoms with Crippen molar-refractivity contribution in [3.05, 3.63) is 77.5 Å². The van der Waals surface area contributed by atoms with Crippen LogP contribution < -0.4 is 10.1 Å². The molecule has 1 atom stereocenters. The summed E-state index contributed by atoms with van der Waals surface area (Å²) in [6, 6.07) is 17.6. The highest BCUT2D eigenvalue weighted by atomic mass is 16.5. The summed E-state index contributed by atoms with van der Waals surface area (Å²) in [6.45, 7) is 2.31. The molecule has 6 nitrogen and oxygen atoms in total. The monoisotopic (exact) mass is 365 g/mol. The number of hydrogen-bond donors (Lipinski definition) is 1. The molecular weight excluding hydrogens is 342 g/mol. The third-order valence-electron chi connectivity index (χ3n) is 4.33. The van der Waals surface area contributed by atoms with Gasteiger partial charge in [-0.25, -0.2) is 0 Å². The van der Waals surface area contributed by atoms with Crippen molar-refractivity contribution in [2.24, 2.45) is 0 Å². The molecule has 27 heavy (non-hydrogen) atoms. The number of nitrogens with one attached hydrogen (secondary N) is 1. The summed E-state index contributed by atoms with van der Waals surface area (Å²) < 4.78 is 10.7. The average molecular weight is 365 g/mol. The Morgan fingerprint density at radius 3 is 2.48 bits per heavy atom. The number of hydrogen-bond acceptors (Lipinski definition) is 5. The molecule has 3 rings (SSSR count). The molecule has 1 N–H and O–H groups in total. The first-order valence-electron chi connectivity index (χ1n) is 8.90. The lowest BCUT2D eigenvalue weighted by Gasteiger charge is -2.13. The topological polar surface area (TPSA) is 77.2 Å². The van der Waals surface area contributed by atoms with E-state index in [4.69, 9.17) is 9.15 Å². The minimum atomic E-state index is -0.256. The van der Waals surface area contributed by atoms with Gasteiger partial charge in [-0.3, -0.25) is 4.79 Å². The number of ether oxygens (including phenoxy) is 1. The van der Waals surface area contributed by atoms with Gasteiger partial charge in [0.05, 0.1) is 13.0 Å². The van der Waals surface area contributed by atoms with Crippen molar-refractivity contribution in [2.75, 3.05) is 13.7 Å². The summed E-state index contributed by atoms with van der Waals surface area (Å²) in [5, 5.41) is 11.0. The zero-order valence-electron chi connectivity index (χ0n) is 15.5. The van der Waals surface area contributed by atoms with Crippen LogP contribution in [0.2, 0.25) is 0 Å². The van der Waals surface area contributed by atoms with E-state index >= 15 is 0 Å². The van der Waals surface area contributed by atoms with E-state index in [-0.39, 0.29) is 18.2 Å². The van der Waals surface area contributed by atoms with Crippen LogP contribution in [0.15, 0.2) is 59.0 Å². The summed E-state index contributed by atoms with van der Waals surface area (Å²) in [7, 11) is 1.64. The van der Waals surface area contributed by atoms with E-state index in [2.05, 4.69) is 15.5 Å². The van der Waals surface area contributed by atoms with Crippen LogP contribution in [0.4, 0.5) is 0 Å². The summed E-state index contributed by atoms with van der Waals surface area (Å²) in [6.07, 6.45) is 1.01. The van der Waals surface area contributed by atoms with Gasteiger partial charge in [0, 0.05) is 19.9 Å². The Hall–Kier alpha value is -3.15. The predicted molar refractivity (Wildman–Crippen MR) is 102 cm³/mol. The van der Waals surface area contributed by atoms with E-state index in [0.29, 0.717) is 18.3 Å². The molecule has 0 radical (unpaired) electrons. The fourth-order valence-electron chi connectivity index (χ4n) is 2.88. The normalized spacial score (nSPS) is 11.8. The zero-order valence-corrected chi connectivity index (χ0v) is 15.5. The third-order valence-corrected chi connectivity index (χ3v) is 4.33. The van der Waals surface area contributed by atoms with E-state index in [9.17, 15) is 4.79 Å². The predicted octanol–water partition coefficient (Wildman–Crippen LogP) is 3.27. The molecule has 0 aliphatic rings. The summed E-state index contributed by atoms with van der Waals surface area (Å²) in [4.78, 5) is 12.5. The lowest BCUT2D eigenvalue weighted by Crippen LogP contribution is -2.27. The second-order valence-corrected chi connectivity index (χ2v) is 6.27. The van der Waals surface area contributed by atoms with Crippen molar-refractivity contribution in [2.45, 2.75) is 25.7 Å². The smallest absolute Gasteiger partial charge is 0.224 e. The van der Waals surface area contributed by atoms with Crippen LogP contribution >= 0.6 is 0 Å². The molecule has 0 spiro atoms. The third kappa shape index (κ3) is 5.17. The van der Waals surface area contributed by atoms with Gasteiger partial charge in [0.25, 0.3) is 0 Å². The van der Waals surface area contributed by atoms with Crippen LogP contribution in [0.5, 0.6) is 5.75 Å². The van der Waals surface area contributed by atoms with Crippen molar-refractivity contribution in [3.8, 4) is 5.75 Å². The number of benzene rings is 2. The number of carbonyl (C=O) groups excluding carboxylic acids is 1.